The minimum atomic E-state index is -0.0959. The van der Waals surface area contributed by atoms with Gasteiger partial charge in [-0.3, -0.25) is 4.79 Å². The molecular weight excluding hydrogens is 260 g/mol. The van der Waals surface area contributed by atoms with Gasteiger partial charge in [-0.15, -0.1) is 0 Å². The second-order valence-electron chi connectivity index (χ2n) is 6.60. The summed E-state index contributed by atoms with van der Waals surface area (Å²) in [5.41, 5.74) is 0. The molecule has 1 rings (SSSR count). The Balaban J connectivity index is 1.77. The molecule has 0 aromatic heterocycles. The molecular formula is C19H35O2. The molecule has 1 radical (unpaired) electrons. The Hall–Kier alpha value is -0.530. The van der Waals surface area contributed by atoms with Crippen LogP contribution in [0, 0.1) is 12.3 Å². The summed E-state index contributed by atoms with van der Waals surface area (Å²) in [5, 5.41) is 0. The van der Waals surface area contributed by atoms with Gasteiger partial charge in [-0.25, -0.2) is 0 Å². The molecule has 0 aromatic rings. The van der Waals surface area contributed by atoms with Gasteiger partial charge in [-0.2, -0.15) is 0 Å². The highest BCUT2D eigenvalue weighted by molar-refractivity contribution is 5.78. The van der Waals surface area contributed by atoms with Gasteiger partial charge in [-0.05, 0) is 25.2 Å². The Morgan fingerprint density at radius 2 is 1.52 bits per heavy atom. The van der Waals surface area contributed by atoms with Gasteiger partial charge in [0.15, 0.2) is 0 Å². The standard InChI is InChI=1S/C19H35O2/c1-2-3-4-5-6-7-8-9-10-11-16-19(20)21-17-18-14-12-13-15-18/h16,18H,2-15,17H2,1H3. The minimum Gasteiger partial charge on any atom is -0.465 e. The zero-order valence-electron chi connectivity index (χ0n) is 14.1. The van der Waals surface area contributed by atoms with Gasteiger partial charge in [0.2, 0.25) is 0 Å². The Kier molecular flexibility index (Phi) is 11.6. The molecule has 0 amide bonds. The molecule has 0 saturated heterocycles. The lowest BCUT2D eigenvalue weighted by Crippen LogP contribution is -2.12. The lowest BCUT2D eigenvalue weighted by Gasteiger charge is -2.09. The largest absolute Gasteiger partial charge is 0.465 e. The molecule has 123 valence electrons. The number of hydrogen-bond acceptors (Lipinski definition) is 2. The van der Waals surface area contributed by atoms with Crippen LogP contribution in [0.4, 0.5) is 0 Å². The van der Waals surface area contributed by atoms with Crippen LogP contribution in [0.25, 0.3) is 0 Å². The molecule has 0 atom stereocenters. The van der Waals surface area contributed by atoms with E-state index in [9.17, 15) is 4.79 Å². The van der Waals surface area contributed by atoms with E-state index in [-0.39, 0.29) is 5.97 Å². The van der Waals surface area contributed by atoms with Crippen molar-refractivity contribution < 1.29 is 9.53 Å². The van der Waals surface area contributed by atoms with E-state index in [2.05, 4.69) is 6.92 Å². The van der Waals surface area contributed by atoms with E-state index in [0.29, 0.717) is 12.5 Å². The van der Waals surface area contributed by atoms with Crippen LogP contribution >= 0.6 is 0 Å². The van der Waals surface area contributed by atoms with Gasteiger partial charge in [0.1, 0.15) is 0 Å². The molecule has 0 bridgehead atoms. The maximum Gasteiger partial charge on any atom is 0.309 e. The molecule has 0 unspecified atom stereocenters. The first-order valence-corrected chi connectivity index (χ1v) is 9.33. The molecule has 2 nitrogen and oxygen atoms in total. The average molecular weight is 295 g/mol. The fourth-order valence-corrected chi connectivity index (χ4v) is 3.11. The van der Waals surface area contributed by atoms with E-state index in [4.69, 9.17) is 4.74 Å². The zero-order chi connectivity index (χ0) is 15.2. The molecule has 1 aliphatic rings. The number of rotatable bonds is 13. The van der Waals surface area contributed by atoms with E-state index in [1.165, 1.54) is 77.0 Å². The number of esters is 1. The molecule has 21 heavy (non-hydrogen) atoms. The number of carbonyl (C=O) groups is 1. The van der Waals surface area contributed by atoms with Crippen molar-refractivity contribution >= 4 is 5.97 Å². The fourth-order valence-electron chi connectivity index (χ4n) is 3.11. The summed E-state index contributed by atoms with van der Waals surface area (Å²) in [6, 6.07) is 0. The van der Waals surface area contributed by atoms with E-state index in [1.807, 2.05) is 0 Å². The Morgan fingerprint density at radius 3 is 2.14 bits per heavy atom. The van der Waals surface area contributed by atoms with Gasteiger partial charge in [-0.1, -0.05) is 77.6 Å². The van der Waals surface area contributed by atoms with Crippen molar-refractivity contribution in [1.82, 2.24) is 0 Å². The summed E-state index contributed by atoms with van der Waals surface area (Å²) in [6.45, 7) is 2.91. The van der Waals surface area contributed by atoms with Crippen LogP contribution in [0.3, 0.4) is 0 Å². The average Bonchev–Trinajstić information content (AvgIpc) is 3.00. The fraction of sp³-hybridized carbons (Fsp3) is 0.895. The minimum absolute atomic E-state index is 0.0959. The Bertz CT molecular complexity index is 244. The summed E-state index contributed by atoms with van der Waals surface area (Å²) in [6.07, 6.45) is 19.7. The van der Waals surface area contributed by atoms with Crippen molar-refractivity contribution in [2.45, 2.75) is 96.8 Å². The first-order chi connectivity index (χ1) is 10.3. The van der Waals surface area contributed by atoms with Crippen molar-refractivity contribution in [1.29, 1.82) is 0 Å². The predicted octanol–water partition coefficient (Wildman–Crippen LogP) is 5.84. The maximum absolute atomic E-state index is 11.6. The van der Waals surface area contributed by atoms with E-state index >= 15 is 0 Å². The van der Waals surface area contributed by atoms with Gasteiger partial charge < -0.3 is 4.74 Å². The van der Waals surface area contributed by atoms with Gasteiger partial charge >= 0.3 is 5.97 Å². The SMILES string of the molecule is CCCCCCCCCCC[CH]C(=O)OCC1CCCC1. The third kappa shape index (κ3) is 10.8. The molecule has 0 N–H and O–H groups in total. The van der Waals surface area contributed by atoms with Crippen LogP contribution < -0.4 is 0 Å². The van der Waals surface area contributed by atoms with Crippen LogP contribution in [0.5, 0.6) is 0 Å². The highest BCUT2D eigenvalue weighted by atomic mass is 16.5. The lowest BCUT2D eigenvalue weighted by molar-refractivity contribution is -0.141. The van der Waals surface area contributed by atoms with Gasteiger partial charge in [0.05, 0.1) is 13.0 Å². The summed E-state index contributed by atoms with van der Waals surface area (Å²) < 4.78 is 5.31. The number of hydrogen-bond donors (Lipinski definition) is 0. The summed E-state index contributed by atoms with van der Waals surface area (Å²) in [5.74, 6) is 0.538. The molecule has 0 spiro atoms. The number of carbonyl (C=O) groups excluding carboxylic acids is 1. The van der Waals surface area contributed by atoms with Crippen LogP contribution in [-0.2, 0) is 9.53 Å². The van der Waals surface area contributed by atoms with E-state index < -0.39 is 0 Å². The molecule has 1 fully saturated rings. The van der Waals surface area contributed by atoms with Gasteiger partial charge in [0.25, 0.3) is 0 Å². The van der Waals surface area contributed by atoms with E-state index in [1.54, 1.807) is 6.42 Å². The second-order valence-corrected chi connectivity index (χ2v) is 6.60. The molecule has 0 aromatic carbocycles. The van der Waals surface area contributed by atoms with Crippen molar-refractivity contribution in [3.63, 3.8) is 0 Å². The quantitative estimate of drug-likeness (QED) is 0.315. The molecule has 2 heteroatoms. The first-order valence-electron chi connectivity index (χ1n) is 9.33. The zero-order valence-corrected chi connectivity index (χ0v) is 14.1. The number of unbranched alkanes of at least 4 members (excludes halogenated alkanes) is 9. The second kappa shape index (κ2) is 13.2. The molecule has 0 heterocycles. The highest BCUT2D eigenvalue weighted by Crippen LogP contribution is 2.24. The first kappa shape index (κ1) is 18.5. The van der Waals surface area contributed by atoms with E-state index in [0.717, 1.165) is 12.8 Å². The summed E-state index contributed by atoms with van der Waals surface area (Å²) in [4.78, 5) is 11.6. The predicted molar refractivity (Wildman–Crippen MR) is 89.1 cm³/mol. The third-order valence-electron chi connectivity index (χ3n) is 4.55. The Morgan fingerprint density at radius 1 is 0.952 bits per heavy atom. The maximum atomic E-state index is 11.6. The normalized spacial score (nSPS) is 15.5. The summed E-state index contributed by atoms with van der Waals surface area (Å²) in [7, 11) is 0. The van der Waals surface area contributed by atoms with Crippen LogP contribution in [-0.4, -0.2) is 12.6 Å². The van der Waals surface area contributed by atoms with Crippen LogP contribution in [0.1, 0.15) is 96.8 Å². The lowest BCUT2D eigenvalue weighted by atomic mass is 10.1. The van der Waals surface area contributed by atoms with Gasteiger partial charge in [0, 0.05) is 0 Å². The molecule has 0 aliphatic heterocycles. The van der Waals surface area contributed by atoms with Crippen molar-refractivity contribution in [2.75, 3.05) is 6.61 Å². The topological polar surface area (TPSA) is 26.3 Å². The monoisotopic (exact) mass is 295 g/mol. The molecule has 1 aliphatic carbocycles. The smallest absolute Gasteiger partial charge is 0.309 e. The van der Waals surface area contributed by atoms with Crippen molar-refractivity contribution in [2.24, 2.45) is 5.92 Å². The van der Waals surface area contributed by atoms with Crippen LogP contribution in [0.2, 0.25) is 0 Å². The summed E-state index contributed by atoms with van der Waals surface area (Å²) >= 11 is 0. The van der Waals surface area contributed by atoms with Crippen LogP contribution in [0.15, 0.2) is 0 Å². The van der Waals surface area contributed by atoms with Crippen molar-refractivity contribution in [3.05, 3.63) is 6.42 Å². The number of ether oxygens (including phenoxy) is 1. The third-order valence-corrected chi connectivity index (χ3v) is 4.55. The molecule has 1 saturated carbocycles. The Labute approximate surface area is 132 Å². The van der Waals surface area contributed by atoms with Crippen molar-refractivity contribution in [3.8, 4) is 0 Å². The highest BCUT2D eigenvalue weighted by Gasteiger charge is 2.16.